The van der Waals surface area contributed by atoms with E-state index in [1.165, 1.54) is 0 Å². The van der Waals surface area contributed by atoms with Gasteiger partial charge in [-0.1, -0.05) is 26.3 Å². The van der Waals surface area contributed by atoms with E-state index in [2.05, 4.69) is 15.6 Å². The van der Waals surface area contributed by atoms with Gasteiger partial charge in [0, 0.05) is 18.0 Å². The molecule has 2 rings (SSSR count). The molecule has 96 valence electrons. The molecule has 2 heterocycles. The van der Waals surface area contributed by atoms with Gasteiger partial charge in [0.25, 0.3) is 0 Å². The zero-order chi connectivity index (χ0) is 13.1. The van der Waals surface area contributed by atoms with Crippen LogP contribution in [0.4, 0.5) is 0 Å². The topological polar surface area (TPSA) is 71.1 Å². The molecule has 0 spiro atoms. The Balaban J connectivity index is 2.16. The van der Waals surface area contributed by atoms with Crippen molar-refractivity contribution in [2.24, 2.45) is 5.92 Å². The summed E-state index contributed by atoms with van der Waals surface area (Å²) in [5.41, 5.74) is 0.700. The van der Waals surface area contributed by atoms with Crippen molar-refractivity contribution in [3.05, 3.63) is 30.1 Å². The molecule has 1 aromatic heterocycles. The number of hydrogen-bond donors (Lipinski definition) is 2. The van der Waals surface area contributed by atoms with E-state index in [4.69, 9.17) is 0 Å². The molecule has 0 aliphatic carbocycles. The summed E-state index contributed by atoms with van der Waals surface area (Å²) in [5, 5.41) is 5.54. The number of pyridine rings is 1. The number of hydrogen-bond acceptors (Lipinski definition) is 3. The van der Waals surface area contributed by atoms with Crippen LogP contribution in [0, 0.1) is 5.92 Å². The second-order valence-corrected chi connectivity index (χ2v) is 4.60. The summed E-state index contributed by atoms with van der Waals surface area (Å²) in [4.78, 5) is 28.0. The number of carbonyl (C=O) groups excluding carboxylic acids is 2. The molecule has 18 heavy (non-hydrogen) atoms. The number of carbonyl (C=O) groups is 2. The van der Waals surface area contributed by atoms with Gasteiger partial charge in [-0.25, -0.2) is 0 Å². The lowest BCUT2D eigenvalue weighted by Gasteiger charge is -2.32. The normalized spacial score (nSPS) is 25.2. The van der Waals surface area contributed by atoms with E-state index in [-0.39, 0.29) is 17.7 Å². The fourth-order valence-electron chi connectivity index (χ4n) is 2.02. The molecule has 1 saturated heterocycles. The highest BCUT2D eigenvalue weighted by Crippen LogP contribution is 2.19. The van der Waals surface area contributed by atoms with Gasteiger partial charge in [-0.05, 0) is 12.0 Å². The Kier molecular flexibility index (Phi) is 3.60. The standard InChI is InChI=1S/C13H17N3O2/c1-3-8(2)10-12(17)16-11(13(18)15-10)9-5-4-6-14-7-9/h4-8,10-11H,3H2,1-2H3,(H,15,18)(H,16,17)/t8-,10-,11?/m0/s1. The molecule has 2 amide bonds. The summed E-state index contributed by atoms with van der Waals surface area (Å²) in [6.07, 6.45) is 4.07. The average molecular weight is 247 g/mol. The minimum atomic E-state index is -0.633. The second-order valence-electron chi connectivity index (χ2n) is 4.60. The predicted molar refractivity (Wildman–Crippen MR) is 66.5 cm³/mol. The van der Waals surface area contributed by atoms with Crippen molar-refractivity contribution in [1.82, 2.24) is 15.6 Å². The van der Waals surface area contributed by atoms with Crippen LogP contribution in [0.15, 0.2) is 24.5 Å². The van der Waals surface area contributed by atoms with E-state index >= 15 is 0 Å². The quantitative estimate of drug-likeness (QED) is 0.829. The summed E-state index contributed by atoms with van der Waals surface area (Å²) in [6, 6.07) is 2.46. The SMILES string of the molecule is CC[C@H](C)[C@@H]1NC(=O)C(c2cccnc2)NC1=O. The van der Waals surface area contributed by atoms with Crippen LogP contribution >= 0.6 is 0 Å². The molecular weight excluding hydrogens is 230 g/mol. The van der Waals surface area contributed by atoms with Crippen LogP contribution in [-0.4, -0.2) is 22.8 Å². The first-order valence-electron chi connectivity index (χ1n) is 6.14. The van der Waals surface area contributed by atoms with Crippen LogP contribution in [-0.2, 0) is 9.59 Å². The molecule has 1 aromatic rings. The van der Waals surface area contributed by atoms with Gasteiger partial charge in [0.1, 0.15) is 12.1 Å². The molecule has 1 aliphatic rings. The van der Waals surface area contributed by atoms with E-state index in [0.29, 0.717) is 5.56 Å². The van der Waals surface area contributed by atoms with Crippen molar-refractivity contribution in [2.75, 3.05) is 0 Å². The molecular formula is C13H17N3O2. The summed E-state index contributed by atoms with van der Waals surface area (Å²) in [6.45, 7) is 3.95. The Morgan fingerprint density at radius 2 is 2.11 bits per heavy atom. The lowest BCUT2D eigenvalue weighted by atomic mass is 9.94. The molecule has 3 atom stereocenters. The zero-order valence-electron chi connectivity index (χ0n) is 10.5. The van der Waals surface area contributed by atoms with Gasteiger partial charge >= 0.3 is 0 Å². The van der Waals surface area contributed by atoms with Gasteiger partial charge in [0.15, 0.2) is 0 Å². The molecule has 0 aromatic carbocycles. The molecule has 5 heteroatoms. The number of piperazine rings is 1. The van der Waals surface area contributed by atoms with Gasteiger partial charge in [0.2, 0.25) is 11.8 Å². The molecule has 2 N–H and O–H groups in total. The number of nitrogens with one attached hydrogen (secondary N) is 2. The predicted octanol–water partition coefficient (Wildman–Crippen LogP) is 0.783. The first-order chi connectivity index (χ1) is 8.63. The molecule has 1 fully saturated rings. The highest BCUT2D eigenvalue weighted by molar-refractivity contribution is 5.97. The third-order valence-electron chi connectivity index (χ3n) is 3.36. The fraction of sp³-hybridized carbons (Fsp3) is 0.462. The Labute approximate surface area is 106 Å². The third kappa shape index (κ3) is 2.34. The Morgan fingerprint density at radius 3 is 2.72 bits per heavy atom. The summed E-state index contributed by atoms with van der Waals surface area (Å²) >= 11 is 0. The molecule has 5 nitrogen and oxygen atoms in total. The lowest BCUT2D eigenvalue weighted by molar-refractivity contribution is -0.138. The van der Waals surface area contributed by atoms with Crippen LogP contribution in [0.5, 0.6) is 0 Å². The van der Waals surface area contributed by atoms with Crippen molar-refractivity contribution < 1.29 is 9.59 Å². The monoisotopic (exact) mass is 247 g/mol. The Morgan fingerprint density at radius 1 is 1.33 bits per heavy atom. The number of rotatable bonds is 3. The van der Waals surface area contributed by atoms with Crippen LogP contribution in [0.25, 0.3) is 0 Å². The third-order valence-corrected chi connectivity index (χ3v) is 3.36. The summed E-state index contributed by atoms with van der Waals surface area (Å²) in [5.74, 6) is -0.172. The van der Waals surface area contributed by atoms with Crippen molar-refractivity contribution in [1.29, 1.82) is 0 Å². The summed E-state index contributed by atoms with van der Waals surface area (Å²) in [7, 11) is 0. The van der Waals surface area contributed by atoms with Crippen LogP contribution in [0.3, 0.4) is 0 Å². The zero-order valence-corrected chi connectivity index (χ0v) is 10.5. The second kappa shape index (κ2) is 5.16. The van der Waals surface area contributed by atoms with Crippen molar-refractivity contribution >= 4 is 11.8 Å². The minimum Gasteiger partial charge on any atom is -0.342 e. The van der Waals surface area contributed by atoms with Crippen molar-refractivity contribution in [3.8, 4) is 0 Å². The van der Waals surface area contributed by atoms with Gasteiger partial charge in [-0.3, -0.25) is 14.6 Å². The fourth-order valence-corrected chi connectivity index (χ4v) is 2.02. The van der Waals surface area contributed by atoms with E-state index < -0.39 is 12.1 Å². The van der Waals surface area contributed by atoms with Crippen molar-refractivity contribution in [2.45, 2.75) is 32.4 Å². The van der Waals surface area contributed by atoms with Crippen LogP contribution < -0.4 is 10.6 Å². The van der Waals surface area contributed by atoms with E-state index in [0.717, 1.165) is 6.42 Å². The molecule has 0 saturated carbocycles. The largest absolute Gasteiger partial charge is 0.342 e. The molecule has 1 aliphatic heterocycles. The highest BCUT2D eigenvalue weighted by atomic mass is 16.2. The molecule has 0 radical (unpaired) electrons. The Bertz CT molecular complexity index is 447. The van der Waals surface area contributed by atoms with E-state index in [9.17, 15) is 9.59 Å². The minimum absolute atomic E-state index is 0.127. The average Bonchev–Trinajstić information content (AvgIpc) is 2.41. The maximum absolute atomic E-state index is 12.0. The molecule has 1 unspecified atom stereocenters. The van der Waals surface area contributed by atoms with Gasteiger partial charge in [0.05, 0.1) is 0 Å². The van der Waals surface area contributed by atoms with Crippen LogP contribution in [0.1, 0.15) is 31.9 Å². The molecule has 0 bridgehead atoms. The van der Waals surface area contributed by atoms with E-state index in [1.807, 2.05) is 13.8 Å². The summed E-state index contributed by atoms with van der Waals surface area (Å²) < 4.78 is 0. The maximum atomic E-state index is 12.0. The van der Waals surface area contributed by atoms with Gasteiger partial charge in [-0.15, -0.1) is 0 Å². The highest BCUT2D eigenvalue weighted by Gasteiger charge is 2.36. The number of amides is 2. The van der Waals surface area contributed by atoms with Crippen molar-refractivity contribution in [3.63, 3.8) is 0 Å². The van der Waals surface area contributed by atoms with E-state index in [1.54, 1.807) is 24.5 Å². The van der Waals surface area contributed by atoms with Gasteiger partial charge < -0.3 is 10.6 Å². The smallest absolute Gasteiger partial charge is 0.247 e. The number of nitrogens with zero attached hydrogens (tertiary/aromatic N) is 1. The maximum Gasteiger partial charge on any atom is 0.247 e. The van der Waals surface area contributed by atoms with Crippen LogP contribution in [0.2, 0.25) is 0 Å². The number of aromatic nitrogens is 1. The first-order valence-corrected chi connectivity index (χ1v) is 6.14. The first kappa shape index (κ1) is 12.5. The Hall–Kier alpha value is -1.91. The van der Waals surface area contributed by atoms with Gasteiger partial charge in [-0.2, -0.15) is 0 Å². The lowest BCUT2D eigenvalue weighted by Crippen LogP contribution is -2.59.